The first-order chi connectivity index (χ1) is 14.3. The summed E-state index contributed by atoms with van der Waals surface area (Å²) in [6, 6.07) is 13.1. The van der Waals surface area contributed by atoms with Crippen molar-refractivity contribution in [1.82, 2.24) is 14.5 Å². The number of carbonyl (C=O) groups is 1. The van der Waals surface area contributed by atoms with Crippen LogP contribution in [0.25, 0.3) is 0 Å². The van der Waals surface area contributed by atoms with Gasteiger partial charge in [-0.05, 0) is 43.5 Å². The van der Waals surface area contributed by atoms with Gasteiger partial charge in [-0.15, -0.1) is 0 Å². The monoisotopic (exact) mass is 413 g/mol. The molecule has 4 rings (SSSR count). The normalized spacial score (nSPS) is 14.0. The Morgan fingerprint density at radius 1 is 1.13 bits per heavy atom. The van der Waals surface area contributed by atoms with Crippen molar-refractivity contribution in [3.63, 3.8) is 0 Å². The van der Waals surface area contributed by atoms with Crippen LogP contribution in [0.3, 0.4) is 0 Å². The lowest BCUT2D eigenvalue weighted by Crippen LogP contribution is -2.33. The van der Waals surface area contributed by atoms with Crippen LogP contribution in [0.5, 0.6) is 0 Å². The van der Waals surface area contributed by atoms with Crippen LogP contribution in [0.4, 0.5) is 13.2 Å². The molecule has 1 saturated carbocycles. The molecular formula is C23H22F3N3O. The molecule has 7 heteroatoms. The fourth-order valence-corrected chi connectivity index (χ4v) is 3.52. The molecule has 0 bridgehead atoms. The lowest BCUT2D eigenvalue weighted by molar-refractivity contribution is -0.138. The van der Waals surface area contributed by atoms with Crippen molar-refractivity contribution in [1.29, 1.82) is 0 Å². The predicted molar refractivity (Wildman–Crippen MR) is 107 cm³/mol. The van der Waals surface area contributed by atoms with E-state index in [2.05, 4.69) is 4.98 Å². The summed E-state index contributed by atoms with van der Waals surface area (Å²) in [6.45, 7) is 2.27. The maximum absolute atomic E-state index is 13.3. The van der Waals surface area contributed by atoms with Crippen LogP contribution in [0.1, 0.15) is 45.7 Å². The highest BCUT2D eigenvalue weighted by atomic mass is 19.4. The summed E-state index contributed by atoms with van der Waals surface area (Å²) in [5.41, 5.74) is 1.20. The average molecular weight is 413 g/mol. The Balaban J connectivity index is 1.57. The molecule has 0 aliphatic heterocycles. The maximum Gasteiger partial charge on any atom is 0.416 e. The van der Waals surface area contributed by atoms with E-state index in [9.17, 15) is 18.0 Å². The summed E-state index contributed by atoms with van der Waals surface area (Å²) in [6.07, 6.45) is 0.653. The highest BCUT2D eigenvalue weighted by molar-refractivity contribution is 5.94. The molecule has 30 heavy (non-hydrogen) atoms. The minimum Gasteiger partial charge on any atom is -0.329 e. The zero-order chi connectivity index (χ0) is 21.3. The largest absolute Gasteiger partial charge is 0.416 e. The van der Waals surface area contributed by atoms with E-state index in [0.29, 0.717) is 11.4 Å². The van der Waals surface area contributed by atoms with Gasteiger partial charge in [0.25, 0.3) is 5.91 Å². The third-order valence-electron chi connectivity index (χ3n) is 5.32. The number of benzene rings is 2. The summed E-state index contributed by atoms with van der Waals surface area (Å²) < 4.78 is 41.7. The van der Waals surface area contributed by atoms with Gasteiger partial charge in [0, 0.05) is 30.5 Å². The zero-order valence-electron chi connectivity index (χ0n) is 16.6. The Labute approximate surface area is 173 Å². The minimum atomic E-state index is -4.42. The standard InChI is InChI=1S/C23H22F3N3O/c1-16-6-8-17(9-7-16)22(30)29(19-10-11-19)15-21-27-12-13-28(21)14-18-4-2-3-5-20(18)23(24,25)26/h2-9,12-13,19H,10-11,14-15H2,1H3. The second kappa shape index (κ2) is 7.97. The smallest absolute Gasteiger partial charge is 0.329 e. The first-order valence-corrected chi connectivity index (χ1v) is 9.85. The maximum atomic E-state index is 13.3. The van der Waals surface area contributed by atoms with Crippen molar-refractivity contribution in [2.75, 3.05) is 0 Å². The number of alkyl halides is 3. The molecule has 1 aliphatic rings. The highest BCUT2D eigenvalue weighted by Crippen LogP contribution is 2.33. The van der Waals surface area contributed by atoms with Gasteiger partial charge in [0.05, 0.1) is 12.1 Å². The second-order valence-electron chi connectivity index (χ2n) is 7.66. The molecule has 0 N–H and O–H groups in total. The molecule has 1 heterocycles. The predicted octanol–water partition coefficient (Wildman–Crippen LogP) is 5.06. The zero-order valence-corrected chi connectivity index (χ0v) is 16.6. The number of rotatable bonds is 6. The Morgan fingerprint density at radius 3 is 2.50 bits per heavy atom. The van der Waals surface area contributed by atoms with Gasteiger partial charge in [0.1, 0.15) is 5.82 Å². The first-order valence-electron chi connectivity index (χ1n) is 9.85. The van der Waals surface area contributed by atoms with Crippen molar-refractivity contribution in [2.45, 2.75) is 45.1 Å². The number of imidazole rings is 1. The SMILES string of the molecule is Cc1ccc(C(=O)N(Cc2nccn2Cc2ccccc2C(F)(F)F)C2CC2)cc1. The molecule has 0 atom stereocenters. The molecule has 1 fully saturated rings. The number of aryl methyl sites for hydroxylation is 1. The van der Waals surface area contributed by atoms with Gasteiger partial charge in [0.15, 0.2) is 0 Å². The van der Waals surface area contributed by atoms with Crippen LogP contribution >= 0.6 is 0 Å². The lowest BCUT2D eigenvalue weighted by atomic mass is 10.1. The van der Waals surface area contributed by atoms with Gasteiger partial charge in [-0.3, -0.25) is 4.79 Å². The van der Waals surface area contributed by atoms with Crippen LogP contribution in [0.15, 0.2) is 60.9 Å². The molecule has 4 nitrogen and oxygen atoms in total. The number of aromatic nitrogens is 2. The van der Waals surface area contributed by atoms with Gasteiger partial charge in [-0.25, -0.2) is 4.98 Å². The number of hydrogen-bond donors (Lipinski definition) is 0. The van der Waals surface area contributed by atoms with E-state index in [1.165, 1.54) is 12.1 Å². The Hall–Kier alpha value is -3.09. The second-order valence-corrected chi connectivity index (χ2v) is 7.66. The Kier molecular flexibility index (Phi) is 5.37. The Morgan fingerprint density at radius 2 is 1.83 bits per heavy atom. The first kappa shape index (κ1) is 20.2. The van der Waals surface area contributed by atoms with Crippen molar-refractivity contribution >= 4 is 5.91 Å². The molecule has 1 aromatic heterocycles. The fraction of sp³-hybridized carbons (Fsp3) is 0.304. The molecule has 2 aromatic carbocycles. The molecule has 1 aliphatic carbocycles. The number of halogens is 3. The third kappa shape index (κ3) is 4.40. The number of hydrogen-bond acceptors (Lipinski definition) is 2. The van der Waals surface area contributed by atoms with E-state index in [1.807, 2.05) is 19.1 Å². The topological polar surface area (TPSA) is 38.1 Å². The van der Waals surface area contributed by atoms with Gasteiger partial charge in [-0.1, -0.05) is 35.9 Å². The van der Waals surface area contributed by atoms with Gasteiger partial charge in [-0.2, -0.15) is 13.2 Å². The van der Waals surface area contributed by atoms with Crippen molar-refractivity contribution in [2.24, 2.45) is 0 Å². The molecule has 1 amide bonds. The van der Waals surface area contributed by atoms with Crippen LogP contribution in [0, 0.1) is 6.92 Å². The molecule has 0 unspecified atom stereocenters. The average Bonchev–Trinajstić information content (AvgIpc) is 3.46. The molecule has 0 saturated heterocycles. The number of nitrogens with zero attached hydrogens (tertiary/aromatic N) is 3. The molecule has 156 valence electrons. The molecule has 0 radical (unpaired) electrons. The van der Waals surface area contributed by atoms with Gasteiger partial charge < -0.3 is 9.47 Å². The summed E-state index contributed by atoms with van der Waals surface area (Å²) >= 11 is 0. The summed E-state index contributed by atoms with van der Waals surface area (Å²) in [5.74, 6) is 0.488. The van der Waals surface area contributed by atoms with Crippen LogP contribution in [-0.4, -0.2) is 26.4 Å². The quantitative estimate of drug-likeness (QED) is 0.566. The molecule has 0 spiro atoms. The van der Waals surface area contributed by atoms with Crippen molar-refractivity contribution in [3.05, 3.63) is 89.0 Å². The van der Waals surface area contributed by atoms with Crippen molar-refractivity contribution < 1.29 is 18.0 Å². The van der Waals surface area contributed by atoms with Gasteiger partial charge in [0.2, 0.25) is 0 Å². The van der Waals surface area contributed by atoms with E-state index in [4.69, 9.17) is 0 Å². The van der Waals surface area contributed by atoms with E-state index in [0.717, 1.165) is 24.5 Å². The minimum absolute atomic E-state index is 0.0439. The van der Waals surface area contributed by atoms with Crippen molar-refractivity contribution in [3.8, 4) is 0 Å². The summed E-state index contributed by atoms with van der Waals surface area (Å²) in [7, 11) is 0. The third-order valence-corrected chi connectivity index (χ3v) is 5.32. The van der Waals surface area contributed by atoms with E-state index in [1.54, 1.807) is 40.1 Å². The lowest BCUT2D eigenvalue weighted by Gasteiger charge is -2.23. The summed E-state index contributed by atoms with van der Waals surface area (Å²) in [5, 5.41) is 0. The van der Waals surface area contributed by atoms with Crippen LogP contribution in [-0.2, 0) is 19.3 Å². The number of carbonyl (C=O) groups excluding carboxylic acids is 1. The Bertz CT molecular complexity index is 1040. The van der Waals surface area contributed by atoms with E-state index < -0.39 is 11.7 Å². The number of amides is 1. The summed E-state index contributed by atoms with van der Waals surface area (Å²) in [4.78, 5) is 19.2. The highest BCUT2D eigenvalue weighted by Gasteiger charge is 2.35. The van der Waals surface area contributed by atoms with Crippen LogP contribution in [0.2, 0.25) is 0 Å². The van der Waals surface area contributed by atoms with E-state index in [-0.39, 0.29) is 30.6 Å². The fourth-order valence-electron chi connectivity index (χ4n) is 3.52. The molecular weight excluding hydrogens is 391 g/mol. The molecule has 3 aromatic rings. The van der Waals surface area contributed by atoms with Gasteiger partial charge >= 0.3 is 6.18 Å². The van der Waals surface area contributed by atoms with Crippen LogP contribution < -0.4 is 0 Å². The van der Waals surface area contributed by atoms with E-state index >= 15 is 0 Å².